The van der Waals surface area contributed by atoms with Gasteiger partial charge >= 0.3 is 0 Å². The van der Waals surface area contributed by atoms with Gasteiger partial charge in [-0.2, -0.15) is 0 Å². The van der Waals surface area contributed by atoms with Crippen molar-refractivity contribution in [2.45, 2.75) is 70.5 Å². The summed E-state index contributed by atoms with van der Waals surface area (Å²) in [7, 11) is 0. The van der Waals surface area contributed by atoms with Gasteiger partial charge in [-0.25, -0.2) is 0 Å². The average Bonchev–Trinajstić information content (AvgIpc) is 2.39. The highest BCUT2D eigenvalue weighted by Gasteiger charge is 2.31. The number of hydrogen-bond acceptors (Lipinski definition) is 3. The summed E-state index contributed by atoms with van der Waals surface area (Å²) >= 11 is 0. The third-order valence-electron chi connectivity index (χ3n) is 4.78. The fourth-order valence-corrected chi connectivity index (χ4v) is 3.64. The van der Waals surface area contributed by atoms with E-state index in [0.717, 1.165) is 32.2 Å². The molecule has 0 aliphatic carbocycles. The molecule has 4 heteroatoms. The Balaban J connectivity index is 1.95. The number of carbonyl (C=O) groups is 1. The van der Waals surface area contributed by atoms with Crippen LogP contribution < -0.4 is 0 Å². The highest BCUT2D eigenvalue weighted by atomic mass is 16.3. The number of carbonyl (C=O) groups excluding carboxylic acids is 1. The molecule has 3 unspecified atom stereocenters. The second-order valence-corrected chi connectivity index (χ2v) is 6.23. The molecular weight excluding hydrogens is 240 g/mol. The second-order valence-electron chi connectivity index (χ2n) is 6.23. The average molecular weight is 268 g/mol. The molecule has 2 aliphatic heterocycles. The van der Waals surface area contributed by atoms with Crippen LogP contribution in [0.1, 0.15) is 52.4 Å². The van der Waals surface area contributed by atoms with E-state index in [4.69, 9.17) is 0 Å². The first-order valence-corrected chi connectivity index (χ1v) is 7.79. The number of piperidine rings is 2. The molecule has 2 heterocycles. The molecule has 0 bridgehead atoms. The largest absolute Gasteiger partial charge is 0.395 e. The smallest absolute Gasteiger partial charge is 0.237 e. The van der Waals surface area contributed by atoms with Crippen molar-refractivity contribution in [3.63, 3.8) is 0 Å². The lowest BCUT2D eigenvalue weighted by Gasteiger charge is -2.41. The van der Waals surface area contributed by atoms with E-state index in [-0.39, 0.29) is 18.6 Å². The maximum Gasteiger partial charge on any atom is 0.237 e. The van der Waals surface area contributed by atoms with E-state index in [1.807, 2.05) is 0 Å². The van der Waals surface area contributed by atoms with Crippen molar-refractivity contribution >= 4 is 5.91 Å². The van der Waals surface area contributed by atoms with Gasteiger partial charge in [0.1, 0.15) is 0 Å². The fraction of sp³-hybridized carbons (Fsp3) is 0.933. The zero-order chi connectivity index (χ0) is 13.8. The number of rotatable bonds is 3. The van der Waals surface area contributed by atoms with Crippen molar-refractivity contribution in [2.24, 2.45) is 0 Å². The summed E-state index contributed by atoms with van der Waals surface area (Å²) in [4.78, 5) is 16.8. The minimum absolute atomic E-state index is 0.179. The summed E-state index contributed by atoms with van der Waals surface area (Å²) in [6, 6.07) is 0.926. The van der Waals surface area contributed by atoms with Crippen LogP contribution in [0.25, 0.3) is 0 Å². The van der Waals surface area contributed by atoms with Crippen molar-refractivity contribution in [3.8, 4) is 0 Å². The monoisotopic (exact) mass is 268 g/mol. The van der Waals surface area contributed by atoms with E-state index >= 15 is 0 Å². The molecule has 3 atom stereocenters. The molecule has 2 saturated heterocycles. The zero-order valence-electron chi connectivity index (χ0n) is 12.3. The molecule has 1 N–H and O–H groups in total. The van der Waals surface area contributed by atoms with Crippen LogP contribution in [-0.4, -0.2) is 58.6 Å². The quantitative estimate of drug-likeness (QED) is 0.846. The molecule has 0 radical (unpaired) electrons. The Kier molecular flexibility index (Phi) is 5.22. The van der Waals surface area contributed by atoms with Crippen LogP contribution in [0.2, 0.25) is 0 Å². The molecule has 2 rings (SSSR count). The highest BCUT2D eigenvalue weighted by Crippen LogP contribution is 2.24. The van der Waals surface area contributed by atoms with E-state index < -0.39 is 0 Å². The van der Waals surface area contributed by atoms with Gasteiger partial charge in [0.2, 0.25) is 5.91 Å². The van der Waals surface area contributed by atoms with Crippen LogP contribution in [0.4, 0.5) is 0 Å². The van der Waals surface area contributed by atoms with E-state index in [1.54, 1.807) is 0 Å². The minimum Gasteiger partial charge on any atom is -0.395 e. The molecule has 4 nitrogen and oxygen atoms in total. The molecule has 110 valence electrons. The van der Waals surface area contributed by atoms with Crippen LogP contribution in [-0.2, 0) is 4.79 Å². The van der Waals surface area contributed by atoms with Gasteiger partial charge in [-0.05, 0) is 52.5 Å². The van der Waals surface area contributed by atoms with E-state index in [0.29, 0.717) is 18.6 Å². The number of nitrogens with zero attached hydrogens (tertiary/aromatic N) is 2. The first-order valence-electron chi connectivity index (χ1n) is 7.79. The summed E-state index contributed by atoms with van der Waals surface area (Å²) in [6.45, 7) is 5.94. The Labute approximate surface area is 116 Å². The Hall–Kier alpha value is -0.610. The molecule has 1 amide bonds. The van der Waals surface area contributed by atoms with Crippen LogP contribution in [0.3, 0.4) is 0 Å². The van der Waals surface area contributed by atoms with Gasteiger partial charge < -0.3 is 10.0 Å². The fourth-order valence-electron chi connectivity index (χ4n) is 3.64. The topological polar surface area (TPSA) is 43.8 Å². The zero-order valence-corrected chi connectivity index (χ0v) is 12.3. The molecule has 2 fully saturated rings. The van der Waals surface area contributed by atoms with Crippen molar-refractivity contribution in [3.05, 3.63) is 0 Å². The van der Waals surface area contributed by atoms with Crippen molar-refractivity contribution < 1.29 is 9.90 Å². The number of aliphatic hydroxyl groups excluding tert-OH is 1. The molecule has 0 aromatic carbocycles. The van der Waals surface area contributed by atoms with Gasteiger partial charge in [-0.15, -0.1) is 0 Å². The maximum absolute atomic E-state index is 12.6. The van der Waals surface area contributed by atoms with Crippen LogP contribution >= 0.6 is 0 Å². The van der Waals surface area contributed by atoms with Gasteiger partial charge in [0.15, 0.2) is 0 Å². The van der Waals surface area contributed by atoms with Gasteiger partial charge in [-0.3, -0.25) is 9.69 Å². The van der Waals surface area contributed by atoms with E-state index in [1.165, 1.54) is 12.8 Å². The molecule has 0 aromatic rings. The Bertz CT molecular complexity index is 299. The predicted molar refractivity (Wildman–Crippen MR) is 75.9 cm³/mol. The Morgan fingerprint density at radius 3 is 2.42 bits per heavy atom. The maximum atomic E-state index is 12.6. The minimum atomic E-state index is 0.179. The highest BCUT2D eigenvalue weighted by molar-refractivity contribution is 5.79. The molecule has 0 saturated carbocycles. The standard InChI is InChI=1S/C15H28N2O2/c1-12-6-5-7-13(2)17(12)15(19)10-16-9-4-3-8-14(16)11-18/h12-14,18H,3-11H2,1-2H3. The SMILES string of the molecule is CC1CCCC(C)N1C(=O)CN1CCCCC1CO. The lowest BCUT2D eigenvalue weighted by atomic mass is 9.97. The summed E-state index contributed by atoms with van der Waals surface area (Å²) in [6.07, 6.45) is 6.82. The molecule has 2 aliphatic rings. The molecule has 0 aromatic heterocycles. The number of amides is 1. The Morgan fingerprint density at radius 1 is 1.11 bits per heavy atom. The van der Waals surface area contributed by atoms with Gasteiger partial charge in [0.05, 0.1) is 13.2 Å². The summed E-state index contributed by atoms with van der Waals surface area (Å²) in [5, 5.41) is 9.42. The third-order valence-corrected chi connectivity index (χ3v) is 4.78. The van der Waals surface area contributed by atoms with E-state index in [9.17, 15) is 9.90 Å². The van der Waals surface area contributed by atoms with Crippen molar-refractivity contribution in [1.82, 2.24) is 9.80 Å². The van der Waals surface area contributed by atoms with Gasteiger partial charge in [0.25, 0.3) is 0 Å². The lowest BCUT2D eigenvalue weighted by Crippen LogP contribution is -2.53. The Morgan fingerprint density at radius 2 is 1.79 bits per heavy atom. The predicted octanol–water partition coefficient (Wildman–Crippen LogP) is 1.62. The molecule has 0 spiro atoms. The van der Waals surface area contributed by atoms with Gasteiger partial charge in [-0.1, -0.05) is 6.42 Å². The summed E-state index contributed by atoms with van der Waals surface area (Å²) in [5.74, 6) is 0.250. The van der Waals surface area contributed by atoms with Gasteiger partial charge in [0, 0.05) is 18.1 Å². The van der Waals surface area contributed by atoms with Crippen molar-refractivity contribution in [2.75, 3.05) is 19.7 Å². The molecular formula is C15H28N2O2. The molecule has 19 heavy (non-hydrogen) atoms. The third kappa shape index (κ3) is 3.48. The normalized spacial score (nSPS) is 33.4. The number of likely N-dealkylation sites (tertiary alicyclic amines) is 2. The van der Waals surface area contributed by atoms with Crippen LogP contribution in [0, 0.1) is 0 Å². The summed E-state index contributed by atoms with van der Waals surface area (Å²) in [5.41, 5.74) is 0. The summed E-state index contributed by atoms with van der Waals surface area (Å²) < 4.78 is 0. The number of hydrogen-bond donors (Lipinski definition) is 1. The van der Waals surface area contributed by atoms with Crippen LogP contribution in [0.5, 0.6) is 0 Å². The number of aliphatic hydroxyl groups is 1. The first-order chi connectivity index (χ1) is 9.13. The first kappa shape index (κ1) is 14.8. The van der Waals surface area contributed by atoms with E-state index in [2.05, 4.69) is 23.6 Å². The second kappa shape index (κ2) is 6.71. The lowest BCUT2D eigenvalue weighted by molar-refractivity contribution is -0.139. The van der Waals surface area contributed by atoms with Crippen LogP contribution in [0.15, 0.2) is 0 Å². The van der Waals surface area contributed by atoms with Crippen molar-refractivity contribution in [1.29, 1.82) is 0 Å².